The van der Waals surface area contributed by atoms with E-state index in [2.05, 4.69) is 6.92 Å². The largest absolute Gasteiger partial charge is 1.00 e. The van der Waals surface area contributed by atoms with Crippen LogP contribution in [-0.2, 0) is 0 Å². The molecule has 0 aliphatic heterocycles. The van der Waals surface area contributed by atoms with Crippen molar-refractivity contribution in [1.29, 1.82) is 0 Å². The third-order valence-corrected chi connectivity index (χ3v) is 1.75. The first kappa shape index (κ1) is 13.5. The summed E-state index contributed by atoms with van der Waals surface area (Å²) in [6.07, 6.45) is 8.02. The molecule has 0 aromatic heterocycles. The molecule has 0 N–H and O–H groups in total. The average Bonchev–Trinajstić information content (AvgIpc) is 1.89. The van der Waals surface area contributed by atoms with Crippen LogP contribution >= 0.6 is 11.6 Å². The second kappa shape index (κ2) is 12.6. The van der Waals surface area contributed by atoms with Crippen molar-refractivity contribution in [2.75, 3.05) is 5.88 Å². The topological polar surface area (TPSA) is 0 Å². The molecule has 0 aromatic carbocycles. The van der Waals surface area contributed by atoms with E-state index >= 15 is 0 Å². The van der Waals surface area contributed by atoms with E-state index in [4.69, 9.17) is 11.6 Å². The first-order valence-electron chi connectivity index (χ1n) is 3.97. The van der Waals surface area contributed by atoms with Crippen molar-refractivity contribution in [3.63, 3.8) is 0 Å². The van der Waals surface area contributed by atoms with Crippen LogP contribution in [0.5, 0.6) is 0 Å². The Balaban J connectivity index is -0.000000320. The summed E-state index contributed by atoms with van der Waals surface area (Å²) in [6, 6.07) is 0. The van der Waals surface area contributed by atoms with E-state index in [1.807, 2.05) is 0 Å². The second-order valence-corrected chi connectivity index (χ2v) is 2.83. The third-order valence-electron chi connectivity index (χ3n) is 1.49. The van der Waals surface area contributed by atoms with Crippen molar-refractivity contribution in [3.8, 4) is 0 Å². The Morgan fingerprint density at radius 2 is 1.50 bits per heavy atom. The van der Waals surface area contributed by atoms with Gasteiger partial charge in [-0.1, -0.05) is 39.0 Å². The molecular formula is C8H18ClLi. The zero-order chi connectivity index (χ0) is 6.95. The Hall–Kier alpha value is 0.887. The first-order valence-corrected chi connectivity index (χ1v) is 4.51. The third kappa shape index (κ3) is 11.7. The maximum atomic E-state index is 5.51. The van der Waals surface area contributed by atoms with Gasteiger partial charge in [0, 0.05) is 5.88 Å². The maximum Gasteiger partial charge on any atom is 1.00 e. The van der Waals surface area contributed by atoms with Crippen LogP contribution in [0.1, 0.15) is 46.9 Å². The number of unbranched alkanes of at least 4 members (excludes halogenated alkanes) is 5. The van der Waals surface area contributed by atoms with Gasteiger partial charge in [-0.25, -0.2) is 0 Å². The molecule has 0 aromatic rings. The van der Waals surface area contributed by atoms with Crippen LogP contribution in [-0.4, -0.2) is 5.88 Å². The molecule has 0 aliphatic carbocycles. The van der Waals surface area contributed by atoms with Crippen molar-refractivity contribution in [3.05, 3.63) is 0 Å². The number of alkyl halides is 1. The minimum atomic E-state index is 0. The monoisotopic (exact) mass is 156 g/mol. The van der Waals surface area contributed by atoms with Crippen molar-refractivity contribution >= 4 is 11.6 Å². The molecule has 0 spiro atoms. The summed E-state index contributed by atoms with van der Waals surface area (Å²) in [6.45, 7) is 2.24. The molecule has 0 rings (SSSR count). The molecule has 0 unspecified atom stereocenters. The molecule has 0 heterocycles. The molecule has 0 saturated heterocycles. The molecule has 0 fully saturated rings. The van der Waals surface area contributed by atoms with Crippen LogP contribution in [0.4, 0.5) is 0 Å². The molecule has 10 heavy (non-hydrogen) atoms. The molecule has 0 saturated carbocycles. The minimum absolute atomic E-state index is 0. The van der Waals surface area contributed by atoms with Crippen molar-refractivity contribution in [2.24, 2.45) is 0 Å². The van der Waals surface area contributed by atoms with E-state index in [0.717, 1.165) is 5.88 Å². The number of hydrogen-bond donors (Lipinski definition) is 0. The molecular weight excluding hydrogens is 138 g/mol. The Kier molecular flexibility index (Phi) is 16.9. The van der Waals surface area contributed by atoms with Gasteiger partial charge in [0.2, 0.25) is 0 Å². The van der Waals surface area contributed by atoms with E-state index in [1.165, 1.54) is 38.5 Å². The van der Waals surface area contributed by atoms with Gasteiger partial charge in [0.15, 0.2) is 0 Å². The SMILES string of the molecule is CCCCCCCCCl.[H-].[Li+]. The van der Waals surface area contributed by atoms with Crippen molar-refractivity contribution in [2.45, 2.75) is 45.4 Å². The Bertz CT molecular complexity index is 47.4. The van der Waals surface area contributed by atoms with Gasteiger partial charge in [-0.05, 0) is 6.42 Å². The zero-order valence-corrected chi connectivity index (χ0v) is 8.08. The molecule has 58 valence electrons. The minimum Gasteiger partial charge on any atom is -1.00 e. The van der Waals surface area contributed by atoms with Crippen LogP contribution in [0.15, 0.2) is 0 Å². The smallest absolute Gasteiger partial charge is 1.00 e. The Morgan fingerprint density at radius 1 is 1.00 bits per heavy atom. The van der Waals surface area contributed by atoms with Gasteiger partial charge in [-0.15, -0.1) is 11.6 Å². The van der Waals surface area contributed by atoms with Crippen LogP contribution in [0.25, 0.3) is 0 Å². The van der Waals surface area contributed by atoms with Gasteiger partial charge in [0.1, 0.15) is 0 Å². The van der Waals surface area contributed by atoms with Crippen LogP contribution in [0.3, 0.4) is 0 Å². The summed E-state index contributed by atoms with van der Waals surface area (Å²) in [5.41, 5.74) is 0. The molecule has 0 atom stereocenters. The molecule has 0 radical (unpaired) electrons. The number of hydrogen-bond acceptors (Lipinski definition) is 0. The fourth-order valence-electron chi connectivity index (χ4n) is 0.875. The first-order chi connectivity index (χ1) is 4.41. The van der Waals surface area contributed by atoms with E-state index in [0.29, 0.717) is 0 Å². The van der Waals surface area contributed by atoms with Gasteiger partial charge >= 0.3 is 18.9 Å². The van der Waals surface area contributed by atoms with Gasteiger partial charge in [-0.2, -0.15) is 0 Å². The average molecular weight is 157 g/mol. The second-order valence-electron chi connectivity index (χ2n) is 2.46. The summed E-state index contributed by atoms with van der Waals surface area (Å²) in [4.78, 5) is 0. The van der Waals surface area contributed by atoms with E-state index in [-0.39, 0.29) is 20.3 Å². The number of halogens is 1. The zero-order valence-electron chi connectivity index (χ0n) is 8.33. The van der Waals surface area contributed by atoms with Crippen LogP contribution in [0.2, 0.25) is 0 Å². The van der Waals surface area contributed by atoms with Crippen LogP contribution < -0.4 is 18.9 Å². The Morgan fingerprint density at radius 3 is 2.00 bits per heavy atom. The van der Waals surface area contributed by atoms with Gasteiger partial charge in [-0.3, -0.25) is 0 Å². The van der Waals surface area contributed by atoms with Crippen LogP contribution in [0, 0.1) is 0 Å². The summed E-state index contributed by atoms with van der Waals surface area (Å²) in [5, 5.41) is 0. The summed E-state index contributed by atoms with van der Waals surface area (Å²) < 4.78 is 0. The van der Waals surface area contributed by atoms with Gasteiger partial charge in [0.25, 0.3) is 0 Å². The Labute approximate surface area is 83.4 Å². The normalized spacial score (nSPS) is 9.00. The molecule has 0 bridgehead atoms. The fraction of sp³-hybridized carbons (Fsp3) is 1.00. The van der Waals surface area contributed by atoms with Gasteiger partial charge < -0.3 is 1.43 Å². The maximum absolute atomic E-state index is 5.51. The van der Waals surface area contributed by atoms with Crippen molar-refractivity contribution < 1.29 is 20.3 Å². The van der Waals surface area contributed by atoms with Crippen molar-refractivity contribution in [1.82, 2.24) is 0 Å². The molecule has 0 nitrogen and oxygen atoms in total. The standard InChI is InChI=1S/C8H17Cl.Li.H/c1-2-3-4-5-6-7-8-9;;/h2-8H2,1H3;;/q;+1;-1. The quantitative estimate of drug-likeness (QED) is 0.302. The molecule has 0 amide bonds. The van der Waals surface area contributed by atoms with E-state index < -0.39 is 0 Å². The summed E-state index contributed by atoms with van der Waals surface area (Å²) in [7, 11) is 0. The predicted octanol–water partition coefficient (Wildman–Crippen LogP) is 0.702. The fourth-order valence-corrected chi connectivity index (χ4v) is 1.06. The molecule has 2 heteroatoms. The molecule has 0 aliphatic rings. The number of rotatable bonds is 6. The van der Waals surface area contributed by atoms with E-state index in [1.54, 1.807) is 0 Å². The predicted molar refractivity (Wildman–Crippen MR) is 45.2 cm³/mol. The summed E-state index contributed by atoms with van der Waals surface area (Å²) in [5.74, 6) is 0.839. The van der Waals surface area contributed by atoms with Gasteiger partial charge in [0.05, 0.1) is 0 Å². The summed E-state index contributed by atoms with van der Waals surface area (Å²) >= 11 is 5.51. The van der Waals surface area contributed by atoms with E-state index in [9.17, 15) is 0 Å².